The number of rotatable bonds is 5. The highest BCUT2D eigenvalue weighted by molar-refractivity contribution is 6.33. The quantitative estimate of drug-likeness (QED) is 0.523. The second-order valence-electron chi connectivity index (χ2n) is 5.96. The molecule has 3 aromatic rings. The Morgan fingerprint density at radius 3 is 2.44 bits per heavy atom. The molecular weight excluding hydrogens is 362 g/mol. The smallest absolute Gasteiger partial charge is 0.259 e. The number of halogens is 1. The minimum absolute atomic E-state index is 0.196. The van der Waals surface area contributed by atoms with E-state index in [1.54, 1.807) is 24.3 Å². The van der Waals surface area contributed by atoms with Gasteiger partial charge in [-0.1, -0.05) is 60.1 Å². The summed E-state index contributed by atoms with van der Waals surface area (Å²) < 4.78 is 0. The highest BCUT2D eigenvalue weighted by Gasteiger charge is 2.10. The molecule has 5 nitrogen and oxygen atoms in total. The van der Waals surface area contributed by atoms with Gasteiger partial charge in [-0.15, -0.1) is 0 Å². The highest BCUT2D eigenvalue weighted by atomic mass is 35.5. The van der Waals surface area contributed by atoms with Gasteiger partial charge >= 0.3 is 0 Å². The molecule has 0 saturated carbocycles. The Hall–Kier alpha value is -3.18. The summed E-state index contributed by atoms with van der Waals surface area (Å²) in [6, 6.07) is 20.6. The van der Waals surface area contributed by atoms with Gasteiger partial charge in [0.05, 0.1) is 22.8 Å². The molecule has 2 amide bonds. The molecule has 6 heteroatoms. The zero-order valence-electron chi connectivity index (χ0n) is 14.7. The monoisotopic (exact) mass is 379 g/mol. The van der Waals surface area contributed by atoms with Gasteiger partial charge in [-0.2, -0.15) is 5.10 Å². The number of nitrogens with zero attached hydrogens (tertiary/aromatic N) is 1. The van der Waals surface area contributed by atoms with Crippen LogP contribution < -0.4 is 10.7 Å². The minimum atomic E-state index is -0.421. The van der Waals surface area contributed by atoms with E-state index < -0.39 is 11.8 Å². The van der Waals surface area contributed by atoms with E-state index in [0.29, 0.717) is 16.3 Å². The molecule has 3 rings (SSSR count). The molecule has 136 valence electrons. The van der Waals surface area contributed by atoms with Crippen LogP contribution in [0.3, 0.4) is 0 Å². The number of hydrazone groups is 1. The van der Waals surface area contributed by atoms with E-state index in [1.807, 2.05) is 49.4 Å². The maximum Gasteiger partial charge on any atom is 0.259 e. The third-order valence-electron chi connectivity index (χ3n) is 4.04. The Bertz CT molecular complexity index is 1030. The molecular formula is C21H18ClN3O2. The van der Waals surface area contributed by atoms with Gasteiger partial charge in [0.1, 0.15) is 0 Å². The average molecular weight is 380 g/mol. The normalized spacial score (nSPS) is 11.3. The van der Waals surface area contributed by atoms with Gasteiger partial charge in [0, 0.05) is 0 Å². The van der Waals surface area contributed by atoms with Crippen LogP contribution in [-0.2, 0) is 4.79 Å². The van der Waals surface area contributed by atoms with Crippen molar-refractivity contribution in [1.29, 1.82) is 0 Å². The first kappa shape index (κ1) is 18.6. The van der Waals surface area contributed by atoms with Crippen molar-refractivity contribution in [3.8, 4) is 0 Å². The van der Waals surface area contributed by atoms with Crippen LogP contribution in [0, 0.1) is 0 Å². The van der Waals surface area contributed by atoms with Crippen molar-refractivity contribution in [2.75, 3.05) is 6.54 Å². The van der Waals surface area contributed by atoms with Crippen molar-refractivity contribution >= 4 is 39.9 Å². The molecule has 0 aliphatic carbocycles. The number of fused-ring (bicyclic) bond motifs is 1. The average Bonchev–Trinajstić information content (AvgIpc) is 2.70. The van der Waals surface area contributed by atoms with Crippen molar-refractivity contribution in [3.05, 3.63) is 82.9 Å². The lowest BCUT2D eigenvalue weighted by Crippen LogP contribution is -2.35. The standard InChI is InChI=1S/C21H18ClN3O2/c1-14(16-11-10-15-6-2-3-7-17(15)12-16)24-25-20(26)13-23-21(27)18-8-4-5-9-19(18)22/h2-12H,13H2,1H3,(H,23,27)(H,25,26). The van der Waals surface area contributed by atoms with Gasteiger partial charge < -0.3 is 5.32 Å². The first-order valence-electron chi connectivity index (χ1n) is 8.39. The molecule has 0 unspecified atom stereocenters. The maximum absolute atomic E-state index is 12.0. The Morgan fingerprint density at radius 2 is 1.67 bits per heavy atom. The molecule has 0 fully saturated rings. The lowest BCUT2D eigenvalue weighted by atomic mass is 10.0. The molecule has 27 heavy (non-hydrogen) atoms. The van der Waals surface area contributed by atoms with Gasteiger partial charge in [-0.25, -0.2) is 5.43 Å². The summed E-state index contributed by atoms with van der Waals surface area (Å²) in [6.45, 7) is 1.62. The number of hydrogen-bond acceptors (Lipinski definition) is 3. The zero-order valence-corrected chi connectivity index (χ0v) is 15.5. The second-order valence-corrected chi connectivity index (χ2v) is 6.36. The number of carbonyl (C=O) groups is 2. The molecule has 0 heterocycles. The third-order valence-corrected chi connectivity index (χ3v) is 4.37. The molecule has 0 spiro atoms. The molecule has 0 saturated heterocycles. The van der Waals surface area contributed by atoms with Crippen LogP contribution >= 0.6 is 11.6 Å². The molecule has 3 aromatic carbocycles. The van der Waals surface area contributed by atoms with Crippen LogP contribution in [0.15, 0.2) is 71.8 Å². The fourth-order valence-electron chi connectivity index (χ4n) is 2.57. The van der Waals surface area contributed by atoms with Crippen LogP contribution in [-0.4, -0.2) is 24.1 Å². The molecule has 2 N–H and O–H groups in total. The summed E-state index contributed by atoms with van der Waals surface area (Å²) in [6.07, 6.45) is 0. The Morgan fingerprint density at radius 1 is 0.963 bits per heavy atom. The van der Waals surface area contributed by atoms with Crippen molar-refractivity contribution < 1.29 is 9.59 Å². The van der Waals surface area contributed by atoms with Gasteiger partial charge in [0.15, 0.2) is 0 Å². The largest absolute Gasteiger partial charge is 0.343 e. The van der Waals surface area contributed by atoms with E-state index >= 15 is 0 Å². The highest BCUT2D eigenvalue weighted by Crippen LogP contribution is 2.16. The van der Waals surface area contributed by atoms with Gasteiger partial charge in [0.2, 0.25) is 0 Å². The summed E-state index contributed by atoms with van der Waals surface area (Å²) in [5.74, 6) is -0.832. The second kappa shape index (κ2) is 8.47. The predicted molar refractivity (Wildman–Crippen MR) is 108 cm³/mol. The summed E-state index contributed by atoms with van der Waals surface area (Å²) in [4.78, 5) is 24.0. The third kappa shape index (κ3) is 4.71. The van der Waals surface area contributed by atoms with E-state index in [1.165, 1.54) is 0 Å². The minimum Gasteiger partial charge on any atom is -0.343 e. The Balaban J connectivity index is 1.58. The van der Waals surface area contributed by atoms with Crippen LogP contribution in [0.2, 0.25) is 5.02 Å². The van der Waals surface area contributed by atoms with E-state index in [4.69, 9.17) is 11.6 Å². The van der Waals surface area contributed by atoms with Crippen LogP contribution in [0.25, 0.3) is 10.8 Å². The van der Waals surface area contributed by atoms with Crippen molar-refractivity contribution in [1.82, 2.24) is 10.7 Å². The van der Waals surface area contributed by atoms with Crippen LogP contribution in [0.1, 0.15) is 22.8 Å². The van der Waals surface area contributed by atoms with E-state index in [2.05, 4.69) is 15.8 Å². The molecule has 0 aliphatic rings. The van der Waals surface area contributed by atoms with Crippen LogP contribution in [0.5, 0.6) is 0 Å². The first-order chi connectivity index (χ1) is 13.0. The Kier molecular flexibility index (Phi) is 5.84. The van der Waals surface area contributed by atoms with Gasteiger partial charge in [-0.05, 0) is 41.5 Å². The van der Waals surface area contributed by atoms with Crippen LogP contribution in [0.4, 0.5) is 0 Å². The first-order valence-corrected chi connectivity index (χ1v) is 8.77. The summed E-state index contributed by atoms with van der Waals surface area (Å²) in [5.41, 5.74) is 4.36. The Labute approximate surface area is 162 Å². The molecule has 0 aromatic heterocycles. The van der Waals surface area contributed by atoms with E-state index in [0.717, 1.165) is 16.3 Å². The number of benzene rings is 3. The molecule has 0 radical (unpaired) electrons. The number of carbonyl (C=O) groups excluding carboxylic acids is 2. The summed E-state index contributed by atoms with van der Waals surface area (Å²) >= 11 is 5.96. The molecule has 0 bridgehead atoms. The van der Waals surface area contributed by atoms with Crippen molar-refractivity contribution in [2.45, 2.75) is 6.92 Å². The van der Waals surface area contributed by atoms with Gasteiger partial charge in [0.25, 0.3) is 11.8 Å². The fourth-order valence-corrected chi connectivity index (χ4v) is 2.79. The fraction of sp³-hybridized carbons (Fsp3) is 0.0952. The van der Waals surface area contributed by atoms with E-state index in [-0.39, 0.29) is 6.54 Å². The molecule has 0 aliphatic heterocycles. The van der Waals surface area contributed by atoms with Crippen molar-refractivity contribution in [3.63, 3.8) is 0 Å². The number of amides is 2. The number of nitrogens with one attached hydrogen (secondary N) is 2. The maximum atomic E-state index is 12.0. The summed E-state index contributed by atoms with van der Waals surface area (Å²) in [5, 5.41) is 9.20. The molecule has 0 atom stereocenters. The lowest BCUT2D eigenvalue weighted by Gasteiger charge is -2.07. The van der Waals surface area contributed by atoms with Gasteiger partial charge in [-0.3, -0.25) is 9.59 Å². The van der Waals surface area contributed by atoms with Crippen molar-refractivity contribution in [2.24, 2.45) is 5.10 Å². The van der Waals surface area contributed by atoms with E-state index in [9.17, 15) is 9.59 Å². The lowest BCUT2D eigenvalue weighted by molar-refractivity contribution is -0.120. The zero-order chi connectivity index (χ0) is 19.2. The summed E-state index contributed by atoms with van der Waals surface area (Å²) in [7, 11) is 0. The predicted octanol–water partition coefficient (Wildman–Crippen LogP) is 3.76. The topological polar surface area (TPSA) is 70.6 Å². The SMILES string of the molecule is CC(=NNC(=O)CNC(=O)c1ccccc1Cl)c1ccc2ccccc2c1. The number of hydrogen-bond donors (Lipinski definition) is 2.